The Morgan fingerprint density at radius 3 is 2.54 bits per heavy atom. The van der Waals surface area contributed by atoms with Gasteiger partial charge in [-0.1, -0.05) is 6.92 Å². The zero-order chi connectivity index (χ0) is 10.1. The van der Waals surface area contributed by atoms with Gasteiger partial charge in [-0.15, -0.1) is 0 Å². The van der Waals surface area contributed by atoms with E-state index in [9.17, 15) is 12.8 Å². The van der Waals surface area contributed by atoms with E-state index in [4.69, 9.17) is 5.11 Å². The van der Waals surface area contributed by atoms with E-state index in [1.165, 1.54) is 6.92 Å². The Kier molecular flexibility index (Phi) is 2.56. The fourth-order valence-electron chi connectivity index (χ4n) is 0.897. The van der Waals surface area contributed by atoms with Gasteiger partial charge in [-0.3, -0.25) is 0 Å². The molecule has 0 saturated heterocycles. The smallest absolute Gasteiger partial charge is 0.181 e. The number of phenols is 1. The van der Waals surface area contributed by atoms with Gasteiger partial charge in [-0.25, -0.2) is 12.8 Å². The number of sulfone groups is 1. The van der Waals surface area contributed by atoms with E-state index in [2.05, 4.69) is 0 Å². The number of halogens is 1. The molecule has 0 amide bonds. The third-order valence-electron chi connectivity index (χ3n) is 1.63. The van der Waals surface area contributed by atoms with E-state index in [1.54, 1.807) is 0 Å². The largest absolute Gasteiger partial charge is 0.508 e. The number of rotatable bonds is 2. The molecule has 0 aliphatic rings. The van der Waals surface area contributed by atoms with E-state index >= 15 is 0 Å². The minimum Gasteiger partial charge on any atom is -0.508 e. The molecular weight excluding hydrogens is 195 g/mol. The Morgan fingerprint density at radius 1 is 1.46 bits per heavy atom. The number of hydrogen-bond donors (Lipinski definition) is 1. The SMILES string of the molecule is CCS(=O)(=O)c1ccc(O)cc1F. The van der Waals surface area contributed by atoms with Crippen LogP contribution in [0.25, 0.3) is 0 Å². The standard InChI is InChI=1S/C8H9FO3S/c1-2-13(11,12)8-4-3-6(10)5-7(8)9/h3-5,10H,2H2,1H3. The lowest BCUT2D eigenvalue weighted by Crippen LogP contribution is -2.05. The molecule has 1 rings (SSSR count). The van der Waals surface area contributed by atoms with Gasteiger partial charge in [-0.2, -0.15) is 0 Å². The summed E-state index contributed by atoms with van der Waals surface area (Å²) in [5.41, 5.74) is 0. The molecule has 3 nitrogen and oxygen atoms in total. The lowest BCUT2D eigenvalue weighted by molar-refractivity contribution is 0.466. The van der Waals surface area contributed by atoms with Gasteiger partial charge >= 0.3 is 0 Å². The van der Waals surface area contributed by atoms with Crippen LogP contribution in [0.2, 0.25) is 0 Å². The van der Waals surface area contributed by atoms with Crippen molar-refractivity contribution >= 4 is 9.84 Å². The molecule has 0 saturated carbocycles. The van der Waals surface area contributed by atoms with E-state index in [-0.39, 0.29) is 16.4 Å². The second-order valence-corrected chi connectivity index (χ2v) is 4.76. The number of benzene rings is 1. The van der Waals surface area contributed by atoms with E-state index in [1.807, 2.05) is 0 Å². The summed E-state index contributed by atoms with van der Waals surface area (Å²) in [6, 6.07) is 2.98. The highest BCUT2D eigenvalue weighted by molar-refractivity contribution is 7.91. The first-order valence-corrected chi connectivity index (χ1v) is 5.34. The Labute approximate surface area is 75.7 Å². The molecule has 1 N–H and O–H groups in total. The van der Waals surface area contributed by atoms with Crippen molar-refractivity contribution in [2.24, 2.45) is 0 Å². The lowest BCUT2D eigenvalue weighted by Gasteiger charge is -2.02. The summed E-state index contributed by atoms with van der Waals surface area (Å²) < 4.78 is 35.4. The Hall–Kier alpha value is -1.10. The second-order valence-electron chi connectivity index (χ2n) is 2.52. The van der Waals surface area contributed by atoms with Crippen molar-refractivity contribution in [1.82, 2.24) is 0 Å². The van der Waals surface area contributed by atoms with Gasteiger partial charge in [0.15, 0.2) is 9.84 Å². The number of aromatic hydroxyl groups is 1. The van der Waals surface area contributed by atoms with Crippen LogP contribution in [0.5, 0.6) is 5.75 Å². The van der Waals surface area contributed by atoms with Crippen LogP contribution in [0.3, 0.4) is 0 Å². The van der Waals surface area contributed by atoms with Gasteiger partial charge in [-0.05, 0) is 12.1 Å². The molecule has 0 aromatic heterocycles. The zero-order valence-electron chi connectivity index (χ0n) is 6.99. The van der Waals surface area contributed by atoms with Crippen molar-refractivity contribution in [3.8, 4) is 5.75 Å². The molecule has 0 aliphatic carbocycles. The van der Waals surface area contributed by atoms with Crippen LogP contribution >= 0.6 is 0 Å². The van der Waals surface area contributed by atoms with Crippen LogP contribution in [0.4, 0.5) is 4.39 Å². The third-order valence-corrected chi connectivity index (χ3v) is 3.39. The average molecular weight is 204 g/mol. The Morgan fingerprint density at radius 2 is 2.08 bits per heavy atom. The molecule has 0 aliphatic heterocycles. The fourth-order valence-corrected chi connectivity index (χ4v) is 1.84. The summed E-state index contributed by atoms with van der Waals surface area (Å²) in [5, 5.41) is 8.84. The second kappa shape index (κ2) is 3.33. The topological polar surface area (TPSA) is 54.4 Å². The molecule has 0 atom stereocenters. The van der Waals surface area contributed by atoms with Crippen molar-refractivity contribution in [2.45, 2.75) is 11.8 Å². The van der Waals surface area contributed by atoms with Crippen molar-refractivity contribution in [1.29, 1.82) is 0 Å². The monoisotopic (exact) mass is 204 g/mol. The maximum atomic E-state index is 13.0. The van der Waals surface area contributed by atoms with Crippen molar-refractivity contribution < 1.29 is 17.9 Å². The van der Waals surface area contributed by atoms with Crippen LogP contribution in [-0.2, 0) is 9.84 Å². The number of phenolic OH excluding ortho intramolecular Hbond substituents is 1. The van der Waals surface area contributed by atoms with Crippen molar-refractivity contribution in [3.05, 3.63) is 24.0 Å². The van der Waals surface area contributed by atoms with Crippen LogP contribution in [0, 0.1) is 5.82 Å². The molecule has 1 aromatic carbocycles. The molecule has 1 aromatic rings. The zero-order valence-corrected chi connectivity index (χ0v) is 7.81. The Bertz CT molecular complexity index is 411. The molecule has 0 spiro atoms. The first kappa shape index (κ1) is 9.98. The summed E-state index contributed by atoms with van der Waals surface area (Å²) in [7, 11) is -3.53. The summed E-state index contributed by atoms with van der Waals surface area (Å²) in [4.78, 5) is -0.368. The summed E-state index contributed by atoms with van der Waals surface area (Å²) in [6.07, 6.45) is 0. The maximum absolute atomic E-state index is 13.0. The maximum Gasteiger partial charge on any atom is 0.181 e. The van der Waals surface area contributed by atoms with Crippen LogP contribution in [0.1, 0.15) is 6.92 Å². The Balaban J connectivity index is 3.33. The quantitative estimate of drug-likeness (QED) is 0.790. The normalized spacial score (nSPS) is 11.5. The molecule has 0 fully saturated rings. The lowest BCUT2D eigenvalue weighted by atomic mass is 10.3. The van der Waals surface area contributed by atoms with Gasteiger partial charge in [0.25, 0.3) is 0 Å². The van der Waals surface area contributed by atoms with Crippen LogP contribution < -0.4 is 0 Å². The molecular formula is C8H9FO3S. The van der Waals surface area contributed by atoms with Gasteiger partial charge in [0, 0.05) is 6.07 Å². The highest BCUT2D eigenvalue weighted by atomic mass is 32.2. The van der Waals surface area contributed by atoms with Gasteiger partial charge in [0.05, 0.1) is 5.75 Å². The van der Waals surface area contributed by atoms with Gasteiger partial charge < -0.3 is 5.11 Å². The average Bonchev–Trinajstić information content (AvgIpc) is 2.03. The van der Waals surface area contributed by atoms with Gasteiger partial charge in [0.2, 0.25) is 0 Å². The summed E-state index contributed by atoms with van der Waals surface area (Å²) in [6.45, 7) is 1.43. The first-order chi connectivity index (χ1) is 5.97. The van der Waals surface area contributed by atoms with E-state index < -0.39 is 15.7 Å². The minimum absolute atomic E-state index is 0.158. The fraction of sp³-hybridized carbons (Fsp3) is 0.250. The summed E-state index contributed by atoms with van der Waals surface area (Å²) in [5.74, 6) is -1.36. The molecule has 0 radical (unpaired) electrons. The minimum atomic E-state index is -3.53. The molecule has 0 unspecified atom stereocenters. The first-order valence-electron chi connectivity index (χ1n) is 3.68. The molecule has 5 heteroatoms. The third kappa shape index (κ3) is 1.98. The highest BCUT2D eigenvalue weighted by Gasteiger charge is 2.16. The predicted molar refractivity (Wildman–Crippen MR) is 45.8 cm³/mol. The van der Waals surface area contributed by atoms with E-state index in [0.29, 0.717) is 0 Å². The summed E-state index contributed by atoms with van der Waals surface area (Å²) >= 11 is 0. The van der Waals surface area contributed by atoms with Crippen molar-refractivity contribution in [2.75, 3.05) is 5.75 Å². The number of hydrogen-bond acceptors (Lipinski definition) is 3. The van der Waals surface area contributed by atoms with Crippen molar-refractivity contribution in [3.63, 3.8) is 0 Å². The molecule has 72 valence electrons. The van der Waals surface area contributed by atoms with Crippen LogP contribution in [0.15, 0.2) is 23.1 Å². The molecule has 0 bridgehead atoms. The van der Waals surface area contributed by atoms with Gasteiger partial charge in [0.1, 0.15) is 16.5 Å². The molecule has 0 heterocycles. The van der Waals surface area contributed by atoms with Crippen LogP contribution in [-0.4, -0.2) is 19.3 Å². The predicted octanol–water partition coefficient (Wildman–Crippen LogP) is 1.32. The van der Waals surface area contributed by atoms with E-state index in [0.717, 1.165) is 18.2 Å². The highest BCUT2D eigenvalue weighted by Crippen LogP contribution is 2.20. The molecule has 13 heavy (non-hydrogen) atoms.